The predicted molar refractivity (Wildman–Crippen MR) is 83.1 cm³/mol. The van der Waals surface area contributed by atoms with Crippen molar-refractivity contribution in [2.24, 2.45) is 5.18 Å². The molecule has 0 amide bonds. The van der Waals surface area contributed by atoms with Crippen molar-refractivity contribution in [1.82, 2.24) is 9.38 Å². The average molecular weight is 298 g/mol. The number of aryl methyl sites for hydroxylation is 2. The van der Waals surface area contributed by atoms with E-state index in [0.29, 0.717) is 22.2 Å². The van der Waals surface area contributed by atoms with Crippen LogP contribution in [0.3, 0.4) is 0 Å². The van der Waals surface area contributed by atoms with Gasteiger partial charge in [0.25, 0.3) is 0 Å². The Hall–Kier alpha value is -2.20. The summed E-state index contributed by atoms with van der Waals surface area (Å²) in [6.07, 6.45) is 5.14. The summed E-state index contributed by atoms with van der Waals surface area (Å²) in [7, 11) is 0. The Labute approximate surface area is 126 Å². The Kier molecular flexibility index (Phi) is 2.79. The number of aromatic nitrogens is 2. The Balaban J connectivity index is 1.95. The zero-order chi connectivity index (χ0) is 14.4. The number of halogens is 1. The third-order valence-electron chi connectivity index (χ3n) is 4.02. The van der Waals surface area contributed by atoms with Gasteiger partial charge in [-0.15, -0.1) is 4.91 Å². The molecule has 0 bridgehead atoms. The number of nitroso groups, excluding NO2 is 1. The Morgan fingerprint density at radius 3 is 2.86 bits per heavy atom. The minimum Gasteiger partial charge on any atom is -0.281 e. The van der Waals surface area contributed by atoms with Crippen LogP contribution in [0.5, 0.6) is 0 Å². The second-order valence-corrected chi connectivity index (χ2v) is 5.72. The van der Waals surface area contributed by atoms with Crippen molar-refractivity contribution in [2.75, 3.05) is 0 Å². The van der Waals surface area contributed by atoms with Crippen LogP contribution < -0.4 is 0 Å². The highest BCUT2D eigenvalue weighted by Crippen LogP contribution is 2.34. The Morgan fingerprint density at radius 2 is 2.00 bits per heavy atom. The van der Waals surface area contributed by atoms with Crippen LogP contribution in [-0.4, -0.2) is 9.38 Å². The summed E-state index contributed by atoms with van der Waals surface area (Å²) >= 11 is 5.98. The third kappa shape index (κ3) is 1.94. The van der Waals surface area contributed by atoms with Crippen LogP contribution in [0.1, 0.15) is 17.5 Å². The summed E-state index contributed by atoms with van der Waals surface area (Å²) in [6, 6.07) is 9.72. The highest BCUT2D eigenvalue weighted by molar-refractivity contribution is 6.30. The van der Waals surface area contributed by atoms with Crippen LogP contribution >= 0.6 is 11.6 Å². The van der Waals surface area contributed by atoms with E-state index in [-0.39, 0.29) is 0 Å². The molecule has 104 valence electrons. The van der Waals surface area contributed by atoms with Crippen molar-refractivity contribution in [1.29, 1.82) is 0 Å². The first kappa shape index (κ1) is 12.5. The van der Waals surface area contributed by atoms with E-state index in [9.17, 15) is 4.91 Å². The number of benzene rings is 1. The van der Waals surface area contributed by atoms with E-state index in [1.54, 1.807) is 22.7 Å². The van der Waals surface area contributed by atoms with Crippen LogP contribution in [-0.2, 0) is 12.8 Å². The molecular weight excluding hydrogens is 286 g/mol. The molecule has 4 rings (SSSR count). The van der Waals surface area contributed by atoms with Crippen molar-refractivity contribution in [3.8, 4) is 11.3 Å². The molecule has 0 aliphatic heterocycles. The van der Waals surface area contributed by atoms with Crippen LogP contribution in [0.25, 0.3) is 16.9 Å². The summed E-state index contributed by atoms with van der Waals surface area (Å²) in [4.78, 5) is 15.8. The van der Waals surface area contributed by atoms with Crippen molar-refractivity contribution in [2.45, 2.75) is 19.3 Å². The first-order valence-corrected chi connectivity index (χ1v) is 7.27. The number of nitrogens with zero attached hydrogens (tertiary/aromatic N) is 3. The van der Waals surface area contributed by atoms with E-state index in [1.165, 1.54) is 17.5 Å². The summed E-state index contributed by atoms with van der Waals surface area (Å²) in [5, 5.41) is 3.75. The molecule has 0 radical (unpaired) electrons. The maximum Gasteiger partial charge on any atom is 0.209 e. The molecule has 5 heteroatoms. The van der Waals surface area contributed by atoms with E-state index in [2.05, 4.69) is 22.3 Å². The van der Waals surface area contributed by atoms with Gasteiger partial charge in [0.15, 0.2) is 0 Å². The number of hydrogen-bond acceptors (Lipinski definition) is 3. The molecule has 0 saturated carbocycles. The fraction of sp³-hybridized carbons (Fsp3) is 0.188. The molecule has 0 N–H and O–H groups in total. The summed E-state index contributed by atoms with van der Waals surface area (Å²) in [5.41, 5.74) is 4.92. The Bertz CT molecular complexity index is 869. The topological polar surface area (TPSA) is 46.7 Å². The molecule has 0 spiro atoms. The lowest BCUT2D eigenvalue weighted by Gasteiger charge is -2.02. The highest BCUT2D eigenvalue weighted by Gasteiger charge is 2.18. The van der Waals surface area contributed by atoms with Gasteiger partial charge in [0, 0.05) is 22.8 Å². The summed E-state index contributed by atoms with van der Waals surface area (Å²) < 4.78 is 1.67. The quantitative estimate of drug-likeness (QED) is 0.652. The minimum absolute atomic E-state index is 0.319. The molecular formula is C16H12ClN3O. The van der Waals surface area contributed by atoms with E-state index in [1.807, 2.05) is 6.07 Å². The molecule has 0 atom stereocenters. The lowest BCUT2D eigenvalue weighted by atomic mass is 10.0. The van der Waals surface area contributed by atoms with Gasteiger partial charge in [-0.1, -0.05) is 23.7 Å². The fourth-order valence-electron chi connectivity index (χ4n) is 3.01. The van der Waals surface area contributed by atoms with Gasteiger partial charge >= 0.3 is 0 Å². The second-order valence-electron chi connectivity index (χ2n) is 5.29. The molecule has 0 unspecified atom stereocenters. The van der Waals surface area contributed by atoms with Gasteiger partial charge in [-0.25, -0.2) is 4.98 Å². The van der Waals surface area contributed by atoms with Gasteiger partial charge in [-0.05, 0) is 47.7 Å². The first-order valence-electron chi connectivity index (χ1n) is 6.89. The lowest BCUT2D eigenvalue weighted by Crippen LogP contribution is -1.85. The zero-order valence-corrected chi connectivity index (χ0v) is 12.0. The highest BCUT2D eigenvalue weighted by atomic mass is 35.5. The van der Waals surface area contributed by atoms with E-state index in [4.69, 9.17) is 11.6 Å². The first-order chi connectivity index (χ1) is 10.3. The molecule has 0 fully saturated rings. The van der Waals surface area contributed by atoms with Crippen molar-refractivity contribution < 1.29 is 0 Å². The van der Waals surface area contributed by atoms with Gasteiger partial charge in [-0.2, -0.15) is 0 Å². The summed E-state index contributed by atoms with van der Waals surface area (Å²) in [5.74, 6) is 0.319. The molecule has 2 heterocycles. The predicted octanol–water partition coefficient (Wildman–Crippen LogP) is 4.54. The number of rotatable bonds is 2. The van der Waals surface area contributed by atoms with Gasteiger partial charge in [-0.3, -0.25) is 4.40 Å². The zero-order valence-electron chi connectivity index (χ0n) is 11.2. The molecule has 0 saturated heterocycles. The third-order valence-corrected chi connectivity index (χ3v) is 4.26. The molecule has 1 aliphatic rings. The standard InChI is InChI=1S/C16H12ClN3O/c17-13-6-7-20-14(9-13)18-15(16(20)19-21)12-5-4-10-2-1-3-11(10)8-12/h4-9H,1-3H2. The number of imidazole rings is 1. The minimum atomic E-state index is 0.319. The van der Waals surface area contributed by atoms with Crippen molar-refractivity contribution >= 4 is 23.1 Å². The molecule has 1 aliphatic carbocycles. The monoisotopic (exact) mass is 297 g/mol. The fourth-order valence-corrected chi connectivity index (χ4v) is 3.16. The van der Waals surface area contributed by atoms with Gasteiger partial charge < -0.3 is 0 Å². The molecule has 4 nitrogen and oxygen atoms in total. The SMILES string of the molecule is O=Nc1c(-c2ccc3c(c2)CCC3)nc2cc(Cl)ccn12. The number of fused-ring (bicyclic) bond motifs is 2. The molecule has 2 aromatic heterocycles. The van der Waals surface area contributed by atoms with Gasteiger partial charge in [0.05, 0.1) is 0 Å². The van der Waals surface area contributed by atoms with E-state index >= 15 is 0 Å². The van der Waals surface area contributed by atoms with Crippen LogP contribution in [0, 0.1) is 4.91 Å². The molecule has 21 heavy (non-hydrogen) atoms. The van der Waals surface area contributed by atoms with Gasteiger partial charge in [0.1, 0.15) is 11.3 Å². The van der Waals surface area contributed by atoms with Gasteiger partial charge in [0.2, 0.25) is 5.82 Å². The maximum atomic E-state index is 11.3. The van der Waals surface area contributed by atoms with Crippen molar-refractivity contribution in [3.05, 3.63) is 57.6 Å². The largest absolute Gasteiger partial charge is 0.281 e. The van der Waals surface area contributed by atoms with Crippen molar-refractivity contribution in [3.63, 3.8) is 0 Å². The normalized spacial score (nSPS) is 13.6. The van der Waals surface area contributed by atoms with Crippen LogP contribution in [0.2, 0.25) is 5.02 Å². The number of pyridine rings is 1. The smallest absolute Gasteiger partial charge is 0.209 e. The summed E-state index contributed by atoms with van der Waals surface area (Å²) in [6.45, 7) is 0. The number of hydrogen-bond donors (Lipinski definition) is 0. The Morgan fingerprint density at radius 1 is 1.14 bits per heavy atom. The van der Waals surface area contributed by atoms with Crippen LogP contribution in [0.4, 0.5) is 5.82 Å². The second kappa shape index (κ2) is 4.67. The molecule has 1 aromatic carbocycles. The van der Waals surface area contributed by atoms with Crippen LogP contribution in [0.15, 0.2) is 41.7 Å². The maximum absolute atomic E-state index is 11.3. The average Bonchev–Trinajstić information content (AvgIpc) is 3.09. The molecule has 3 aromatic rings. The van der Waals surface area contributed by atoms with E-state index in [0.717, 1.165) is 18.4 Å². The van der Waals surface area contributed by atoms with E-state index < -0.39 is 0 Å². The lowest BCUT2D eigenvalue weighted by molar-refractivity contribution is 0.912.